The van der Waals surface area contributed by atoms with Gasteiger partial charge in [-0.25, -0.2) is 13.6 Å². The van der Waals surface area contributed by atoms with E-state index in [-0.39, 0.29) is 57.5 Å². The van der Waals surface area contributed by atoms with Gasteiger partial charge < -0.3 is 19.9 Å². The number of aromatic amines is 1. The topological polar surface area (TPSA) is 96.9 Å². The maximum Gasteiger partial charge on any atom is 0.362 e. The summed E-state index contributed by atoms with van der Waals surface area (Å²) in [5.74, 6) is -1.06. The van der Waals surface area contributed by atoms with Gasteiger partial charge >= 0.3 is 11.4 Å². The van der Waals surface area contributed by atoms with E-state index in [0.29, 0.717) is 23.1 Å². The van der Waals surface area contributed by atoms with Crippen LogP contribution in [0.15, 0.2) is 44.9 Å². The van der Waals surface area contributed by atoms with Crippen LogP contribution in [0, 0.1) is 6.92 Å². The Kier molecular flexibility index (Phi) is 9.05. The fourth-order valence-corrected chi connectivity index (χ4v) is 6.96. The van der Waals surface area contributed by atoms with Crippen molar-refractivity contribution in [2.45, 2.75) is 48.0 Å². The third-order valence-corrected chi connectivity index (χ3v) is 9.60. The Hall–Kier alpha value is -3.13. The summed E-state index contributed by atoms with van der Waals surface area (Å²) in [4.78, 5) is 45.5. The van der Waals surface area contributed by atoms with Crippen LogP contribution in [0.3, 0.4) is 0 Å². The molecule has 8 nitrogen and oxygen atoms in total. The highest BCUT2D eigenvalue weighted by molar-refractivity contribution is 7.99. The molecule has 16 heteroatoms. The molecule has 2 aliphatic rings. The Morgan fingerprint density at radius 2 is 1.82 bits per heavy atom. The van der Waals surface area contributed by atoms with Gasteiger partial charge in [-0.3, -0.25) is 14.5 Å². The highest BCUT2D eigenvalue weighted by Gasteiger charge is 2.37. The molecular formula is C28H23Cl3F4N4O4S. The van der Waals surface area contributed by atoms with Gasteiger partial charge in [0.05, 0.1) is 22.3 Å². The number of H-pyrrole nitrogens is 1. The first-order chi connectivity index (χ1) is 20.7. The Morgan fingerprint density at radius 3 is 2.45 bits per heavy atom. The minimum atomic E-state index is -3.95. The number of benzene rings is 2. The Balaban J connectivity index is 1.50. The van der Waals surface area contributed by atoms with Crippen LogP contribution in [0.4, 0.5) is 28.0 Å². The Bertz CT molecular complexity index is 1700. The van der Waals surface area contributed by atoms with Gasteiger partial charge in [0.15, 0.2) is 0 Å². The molecule has 0 bridgehead atoms. The number of nitrogens with one attached hydrogen (secondary N) is 1. The van der Waals surface area contributed by atoms with Crippen molar-refractivity contribution in [3.8, 4) is 5.75 Å². The number of amides is 3. The molecule has 1 fully saturated rings. The normalized spacial score (nSPS) is 15.4. The van der Waals surface area contributed by atoms with Gasteiger partial charge in [-0.15, -0.1) is 0 Å². The number of aromatic hydroxyl groups is 1. The summed E-state index contributed by atoms with van der Waals surface area (Å²) in [6.45, 7) is 1.06. The number of phenolic OH excluding ortho intramolecular Hbond substituents is 1. The fraction of sp³-hybridized carbons (Fsp3) is 0.321. The molecule has 2 aliphatic heterocycles. The molecule has 2 N–H and O–H groups in total. The van der Waals surface area contributed by atoms with Crippen LogP contribution in [0.2, 0.25) is 10.0 Å². The molecule has 0 aliphatic carbocycles. The molecule has 0 spiro atoms. The van der Waals surface area contributed by atoms with Crippen molar-refractivity contribution < 1.29 is 32.3 Å². The Morgan fingerprint density at radius 1 is 1.14 bits per heavy atom. The first-order valence-corrected chi connectivity index (χ1v) is 15.1. The van der Waals surface area contributed by atoms with E-state index < -0.39 is 47.1 Å². The number of phenols is 1. The number of carbonyl (C=O) groups excluding carboxylic acids is 2. The quantitative estimate of drug-likeness (QED) is 0.202. The lowest BCUT2D eigenvalue weighted by Crippen LogP contribution is -2.51. The number of hydrogen-bond donors (Lipinski definition) is 2. The third-order valence-electron chi connectivity index (χ3n) is 7.35. The second-order valence-corrected chi connectivity index (χ2v) is 12.5. The van der Waals surface area contributed by atoms with E-state index >= 15 is 0 Å². The standard InChI is InChI=1S/C28H23Cl3F4N4O4S/c1-13-15-11-38(10-14(15)8-18(23(13)40)39-7-3-6-37(27(39)43)12-21(32)33)26(42)22-19(9-20(28(31,34)35)36-25(22)41)44-24-16(29)4-2-5-17(24)30/h2,4-5,8-9,21,40H,3,6-7,10-12H2,1H3,(H,36,41). The lowest BCUT2D eigenvalue weighted by molar-refractivity contribution is 0.0740. The summed E-state index contributed by atoms with van der Waals surface area (Å²) < 4.78 is 54.2. The summed E-state index contributed by atoms with van der Waals surface area (Å²) in [6, 6.07) is 6.29. The minimum Gasteiger partial charge on any atom is -0.505 e. The number of nitrogens with zero attached hydrogens (tertiary/aromatic N) is 3. The van der Waals surface area contributed by atoms with Crippen molar-refractivity contribution in [1.29, 1.82) is 0 Å². The molecule has 3 heterocycles. The fourth-order valence-electron chi connectivity index (χ4n) is 5.22. The van der Waals surface area contributed by atoms with Crippen LogP contribution in [0.1, 0.15) is 39.2 Å². The van der Waals surface area contributed by atoms with Gasteiger partial charge in [-0.2, -0.15) is 8.78 Å². The number of pyridine rings is 1. The van der Waals surface area contributed by atoms with Gasteiger partial charge in [0.2, 0.25) is 0 Å². The zero-order chi connectivity index (χ0) is 32.1. The SMILES string of the molecule is Cc1c(O)c(N2CCCN(CC(F)F)C2=O)cc2c1CN(C(=O)c1c(Sc3c(Cl)cccc3Cl)cc(C(F)(F)Cl)[nH]c1=O)C2. The van der Waals surface area contributed by atoms with Gasteiger partial charge in [0.25, 0.3) is 17.9 Å². The molecule has 0 atom stereocenters. The highest BCUT2D eigenvalue weighted by atomic mass is 35.5. The zero-order valence-electron chi connectivity index (χ0n) is 22.8. The second-order valence-electron chi connectivity index (χ2n) is 10.2. The summed E-state index contributed by atoms with van der Waals surface area (Å²) in [5.41, 5.74) is -0.949. The van der Waals surface area contributed by atoms with Crippen molar-refractivity contribution in [3.63, 3.8) is 0 Å². The van der Waals surface area contributed by atoms with E-state index in [9.17, 15) is 37.1 Å². The molecule has 3 aromatic rings. The maximum absolute atomic E-state index is 14.1. The lowest BCUT2D eigenvalue weighted by Gasteiger charge is -2.36. The number of rotatable bonds is 7. The number of aromatic nitrogens is 1. The number of halogens is 7. The molecule has 5 rings (SSSR count). The number of fused-ring (bicyclic) bond motifs is 1. The molecule has 0 radical (unpaired) electrons. The molecule has 0 saturated carbocycles. The monoisotopic (exact) mass is 692 g/mol. The average molecular weight is 694 g/mol. The second kappa shape index (κ2) is 12.3. The molecule has 44 heavy (non-hydrogen) atoms. The van der Waals surface area contributed by atoms with Crippen LogP contribution in [0.5, 0.6) is 5.75 Å². The van der Waals surface area contributed by atoms with Gasteiger partial charge in [0, 0.05) is 36.0 Å². The number of alkyl halides is 5. The van der Waals surface area contributed by atoms with E-state index in [2.05, 4.69) is 0 Å². The van der Waals surface area contributed by atoms with E-state index in [1.54, 1.807) is 13.0 Å². The molecule has 2 aromatic carbocycles. The van der Waals surface area contributed by atoms with E-state index in [4.69, 9.17) is 34.8 Å². The summed E-state index contributed by atoms with van der Waals surface area (Å²) >= 11 is 18.5. The predicted molar refractivity (Wildman–Crippen MR) is 159 cm³/mol. The molecule has 3 amide bonds. The molecule has 1 saturated heterocycles. The first kappa shape index (κ1) is 32.3. The van der Waals surface area contributed by atoms with Gasteiger partial charge in [-0.05, 0) is 65.9 Å². The molecule has 1 aromatic heterocycles. The Labute approximate surface area is 267 Å². The molecular weight excluding hydrogens is 671 g/mol. The van der Waals surface area contributed by atoms with Crippen molar-refractivity contribution in [3.05, 3.63) is 78.7 Å². The van der Waals surface area contributed by atoms with Crippen molar-refractivity contribution in [2.24, 2.45) is 0 Å². The van der Waals surface area contributed by atoms with Gasteiger partial charge in [-0.1, -0.05) is 41.0 Å². The summed E-state index contributed by atoms with van der Waals surface area (Å²) in [6.07, 6.45) is -2.33. The van der Waals surface area contributed by atoms with Crippen LogP contribution in [0.25, 0.3) is 0 Å². The zero-order valence-corrected chi connectivity index (χ0v) is 25.9. The minimum absolute atomic E-state index is 0.0525. The first-order valence-electron chi connectivity index (χ1n) is 13.1. The van der Waals surface area contributed by atoms with Gasteiger partial charge in [0.1, 0.15) is 17.0 Å². The van der Waals surface area contributed by atoms with E-state index in [1.165, 1.54) is 28.0 Å². The lowest BCUT2D eigenvalue weighted by atomic mass is 10.0. The number of anilines is 1. The van der Waals surface area contributed by atoms with Crippen LogP contribution < -0.4 is 10.5 Å². The van der Waals surface area contributed by atoms with Crippen LogP contribution in [-0.4, -0.2) is 57.9 Å². The van der Waals surface area contributed by atoms with E-state index in [0.717, 1.165) is 22.7 Å². The van der Waals surface area contributed by atoms with Crippen molar-refractivity contribution >= 4 is 64.2 Å². The van der Waals surface area contributed by atoms with Crippen LogP contribution >= 0.6 is 46.6 Å². The highest BCUT2D eigenvalue weighted by Crippen LogP contribution is 2.43. The number of carbonyl (C=O) groups is 2. The van der Waals surface area contributed by atoms with Crippen molar-refractivity contribution in [2.75, 3.05) is 24.5 Å². The molecule has 234 valence electrons. The smallest absolute Gasteiger partial charge is 0.362 e. The summed E-state index contributed by atoms with van der Waals surface area (Å²) in [7, 11) is 0. The van der Waals surface area contributed by atoms with E-state index in [1.807, 2.05) is 4.98 Å². The number of urea groups is 1. The van der Waals surface area contributed by atoms with Crippen molar-refractivity contribution in [1.82, 2.24) is 14.8 Å². The number of hydrogen-bond acceptors (Lipinski definition) is 5. The third kappa shape index (κ3) is 6.19. The summed E-state index contributed by atoms with van der Waals surface area (Å²) in [5, 5.41) is 7.39. The predicted octanol–water partition coefficient (Wildman–Crippen LogP) is 7.19. The molecule has 0 unspecified atom stereocenters. The average Bonchev–Trinajstić information content (AvgIpc) is 3.37. The largest absolute Gasteiger partial charge is 0.505 e. The van der Waals surface area contributed by atoms with Crippen LogP contribution in [-0.2, 0) is 18.5 Å². The maximum atomic E-state index is 14.1.